The van der Waals surface area contributed by atoms with Gasteiger partial charge >= 0.3 is 6.03 Å². The van der Waals surface area contributed by atoms with Gasteiger partial charge in [-0.2, -0.15) is 0 Å². The maximum atomic E-state index is 14.7. The summed E-state index contributed by atoms with van der Waals surface area (Å²) in [7, 11) is -1.69. The van der Waals surface area contributed by atoms with E-state index in [1.54, 1.807) is 56.4 Å². The van der Waals surface area contributed by atoms with E-state index >= 15 is 0 Å². The third-order valence-electron chi connectivity index (χ3n) is 6.29. The van der Waals surface area contributed by atoms with Crippen molar-refractivity contribution in [1.82, 2.24) is 14.9 Å². The first-order valence-corrected chi connectivity index (χ1v) is 13.1. The molecule has 35 heavy (non-hydrogen) atoms. The van der Waals surface area contributed by atoms with Crippen LogP contribution in [0.2, 0.25) is 0 Å². The van der Waals surface area contributed by atoms with E-state index in [-0.39, 0.29) is 23.1 Å². The number of nitrogens with one attached hydrogen (secondary N) is 2. The van der Waals surface area contributed by atoms with E-state index in [1.165, 1.54) is 15.3 Å². The Hall–Kier alpha value is -3.31. The number of carbonyl (C=O) groups is 2. The van der Waals surface area contributed by atoms with Crippen molar-refractivity contribution < 1.29 is 22.4 Å². The Bertz CT molecular complexity index is 1260. The zero-order valence-electron chi connectivity index (χ0n) is 19.6. The first-order valence-electron chi connectivity index (χ1n) is 11.5. The molecule has 1 saturated heterocycles. The van der Waals surface area contributed by atoms with Gasteiger partial charge in [-0.3, -0.25) is 4.79 Å². The number of anilines is 1. The molecule has 2 heterocycles. The Kier molecular flexibility index (Phi) is 7.18. The Labute approximate surface area is 204 Å². The van der Waals surface area contributed by atoms with Crippen molar-refractivity contribution in [3.05, 3.63) is 65.5 Å². The predicted molar refractivity (Wildman–Crippen MR) is 131 cm³/mol. The number of benzodiazepines with no additional fused rings is 1. The fourth-order valence-corrected chi connectivity index (χ4v) is 5.43. The summed E-state index contributed by atoms with van der Waals surface area (Å²) in [6, 6.07) is 12.3. The van der Waals surface area contributed by atoms with Crippen molar-refractivity contribution in [3.63, 3.8) is 0 Å². The van der Waals surface area contributed by atoms with E-state index in [2.05, 4.69) is 15.6 Å². The number of hydrogen-bond donors (Lipinski definition) is 2. The average Bonchev–Trinajstić information content (AvgIpc) is 2.95. The zero-order valence-corrected chi connectivity index (χ0v) is 20.4. The second-order valence-electron chi connectivity index (χ2n) is 8.47. The van der Waals surface area contributed by atoms with E-state index in [9.17, 15) is 22.4 Å². The number of aliphatic imine (C=N–C) groups is 1. The van der Waals surface area contributed by atoms with Gasteiger partial charge in [-0.05, 0) is 38.0 Å². The van der Waals surface area contributed by atoms with Crippen LogP contribution in [0, 0.1) is 5.82 Å². The zero-order chi connectivity index (χ0) is 25.2. The van der Waals surface area contributed by atoms with Crippen molar-refractivity contribution in [1.29, 1.82) is 0 Å². The molecule has 11 heteroatoms. The molecule has 1 fully saturated rings. The van der Waals surface area contributed by atoms with Gasteiger partial charge in [0.2, 0.25) is 16.2 Å². The van der Waals surface area contributed by atoms with Crippen LogP contribution in [0.15, 0.2) is 53.5 Å². The minimum Gasteiger partial charge on any atom is -0.335 e. The van der Waals surface area contributed by atoms with Gasteiger partial charge in [-0.25, -0.2) is 26.9 Å². The standard InChI is InChI=1S/C24H28FN5O4S/c1-3-35(33,34)30-14-12-16(13-15-30)26-24(32)28-22-23(31)29(2)20-11-7-5-9-18(20)21(27-22)17-8-4-6-10-19(17)25/h4-11,16,22H,3,12-15H2,1-2H3,(H2,26,28,32). The van der Waals surface area contributed by atoms with Gasteiger partial charge < -0.3 is 15.5 Å². The van der Waals surface area contributed by atoms with Crippen molar-refractivity contribution in [2.75, 3.05) is 30.8 Å². The first-order chi connectivity index (χ1) is 16.7. The van der Waals surface area contributed by atoms with Crippen molar-refractivity contribution in [3.8, 4) is 0 Å². The number of benzene rings is 2. The molecule has 0 radical (unpaired) electrons. The first kappa shape index (κ1) is 24.8. The molecule has 1 atom stereocenters. The largest absolute Gasteiger partial charge is 0.335 e. The van der Waals surface area contributed by atoms with Crippen LogP contribution in [0.3, 0.4) is 0 Å². The quantitative estimate of drug-likeness (QED) is 0.653. The third-order valence-corrected chi connectivity index (χ3v) is 8.17. The van der Waals surface area contributed by atoms with Crippen LogP contribution in [-0.4, -0.2) is 68.5 Å². The van der Waals surface area contributed by atoms with Gasteiger partial charge in [-0.1, -0.05) is 30.3 Å². The Morgan fingerprint density at radius 3 is 2.34 bits per heavy atom. The summed E-state index contributed by atoms with van der Waals surface area (Å²) in [4.78, 5) is 31.9. The van der Waals surface area contributed by atoms with E-state index in [0.717, 1.165) is 0 Å². The van der Waals surface area contributed by atoms with E-state index in [1.807, 2.05) is 0 Å². The van der Waals surface area contributed by atoms with Crippen molar-refractivity contribution >= 4 is 33.4 Å². The molecule has 0 spiro atoms. The number of sulfonamides is 1. The molecule has 3 amide bonds. The fraction of sp³-hybridized carbons (Fsp3) is 0.375. The summed E-state index contributed by atoms with van der Waals surface area (Å²) in [5.74, 6) is -0.925. The minimum atomic E-state index is -3.27. The number of urea groups is 1. The molecular weight excluding hydrogens is 473 g/mol. The number of fused-ring (bicyclic) bond motifs is 1. The molecule has 2 aromatic carbocycles. The number of carbonyl (C=O) groups excluding carboxylic acids is 2. The molecule has 2 aliphatic heterocycles. The number of rotatable bonds is 5. The van der Waals surface area contributed by atoms with Crippen molar-refractivity contribution in [2.45, 2.75) is 32.0 Å². The molecule has 4 rings (SSSR count). The summed E-state index contributed by atoms with van der Waals surface area (Å²) in [5, 5.41) is 5.42. The lowest BCUT2D eigenvalue weighted by atomic mass is 10.00. The Balaban J connectivity index is 1.54. The molecule has 2 aliphatic rings. The highest BCUT2D eigenvalue weighted by Gasteiger charge is 2.33. The SMILES string of the molecule is CCS(=O)(=O)N1CCC(NC(=O)NC2N=C(c3ccccc3F)c3ccccc3N(C)C2=O)CC1. The molecule has 186 valence electrons. The highest BCUT2D eigenvalue weighted by molar-refractivity contribution is 7.89. The number of hydrogen-bond acceptors (Lipinski definition) is 5. The van der Waals surface area contributed by atoms with Gasteiger partial charge in [-0.15, -0.1) is 0 Å². The van der Waals surface area contributed by atoms with E-state index < -0.39 is 33.9 Å². The summed E-state index contributed by atoms with van der Waals surface area (Å²) in [5.41, 5.74) is 1.61. The van der Waals surface area contributed by atoms with Crippen molar-refractivity contribution in [2.24, 2.45) is 4.99 Å². The maximum Gasteiger partial charge on any atom is 0.317 e. The maximum absolute atomic E-state index is 14.7. The molecule has 0 aliphatic carbocycles. The minimum absolute atomic E-state index is 0.0353. The van der Waals surface area contributed by atoms with Crippen LogP contribution in [0.4, 0.5) is 14.9 Å². The van der Waals surface area contributed by atoms with Crippen LogP contribution in [0.1, 0.15) is 30.9 Å². The number of nitrogens with zero attached hydrogens (tertiary/aromatic N) is 3. The van der Waals surface area contributed by atoms with Crippen LogP contribution in [0.25, 0.3) is 0 Å². The van der Waals surface area contributed by atoms with Crippen LogP contribution in [-0.2, 0) is 14.8 Å². The highest BCUT2D eigenvalue weighted by Crippen LogP contribution is 2.28. The summed E-state index contributed by atoms with van der Waals surface area (Å²) in [6.45, 7) is 2.23. The smallest absolute Gasteiger partial charge is 0.317 e. The summed E-state index contributed by atoms with van der Waals surface area (Å²) >= 11 is 0. The third kappa shape index (κ3) is 5.20. The van der Waals surface area contributed by atoms with Crippen LogP contribution < -0.4 is 15.5 Å². The normalized spacial score (nSPS) is 19.5. The second-order valence-corrected chi connectivity index (χ2v) is 10.7. The van der Waals surface area contributed by atoms with Crippen LogP contribution in [0.5, 0.6) is 0 Å². The number of amides is 3. The topological polar surface area (TPSA) is 111 Å². The lowest BCUT2D eigenvalue weighted by Crippen LogP contribution is -2.53. The van der Waals surface area contributed by atoms with Gasteiger partial charge in [0.05, 0.1) is 17.2 Å². The predicted octanol–water partition coefficient (Wildman–Crippen LogP) is 2.08. The molecular formula is C24H28FN5O4S. The monoisotopic (exact) mass is 501 g/mol. The molecule has 9 nitrogen and oxygen atoms in total. The van der Waals surface area contributed by atoms with E-state index in [4.69, 9.17) is 0 Å². The molecule has 2 N–H and O–H groups in total. The highest BCUT2D eigenvalue weighted by atomic mass is 32.2. The number of para-hydroxylation sites is 1. The molecule has 1 unspecified atom stereocenters. The Morgan fingerprint density at radius 2 is 1.69 bits per heavy atom. The molecule has 2 aromatic rings. The molecule has 0 saturated carbocycles. The fourth-order valence-electron chi connectivity index (χ4n) is 4.30. The number of halogens is 1. The van der Waals surface area contributed by atoms with E-state index in [0.29, 0.717) is 37.2 Å². The van der Waals surface area contributed by atoms with Crippen LogP contribution >= 0.6 is 0 Å². The number of piperidine rings is 1. The average molecular weight is 502 g/mol. The molecule has 0 bridgehead atoms. The van der Waals surface area contributed by atoms with Gasteiger partial charge in [0, 0.05) is 37.3 Å². The lowest BCUT2D eigenvalue weighted by molar-refractivity contribution is -0.119. The van der Waals surface area contributed by atoms with Gasteiger partial charge in [0.25, 0.3) is 5.91 Å². The number of likely N-dealkylation sites (N-methyl/N-ethyl adjacent to an activating group) is 1. The summed E-state index contributed by atoms with van der Waals surface area (Å²) < 4.78 is 40.2. The lowest BCUT2D eigenvalue weighted by Gasteiger charge is -2.31. The second kappa shape index (κ2) is 10.1. The summed E-state index contributed by atoms with van der Waals surface area (Å²) in [6.07, 6.45) is -0.358. The van der Waals surface area contributed by atoms with Gasteiger partial charge in [0.1, 0.15) is 5.82 Å². The molecule has 0 aromatic heterocycles. The van der Waals surface area contributed by atoms with Gasteiger partial charge in [0.15, 0.2) is 0 Å². The Morgan fingerprint density at radius 1 is 1.06 bits per heavy atom.